The standard InChI is InChI=1S/C14H9BrF3NO2/c15-10-2-1-8(16)3-7(10)6-21-14(20)9-4-13(19)12(18)5-11(9)17/h1-5H,6,19H2. The number of hydrogen-bond acceptors (Lipinski definition) is 3. The molecule has 2 aromatic carbocycles. The first-order chi connectivity index (χ1) is 9.88. The van der Waals surface area contributed by atoms with Crippen molar-refractivity contribution < 1.29 is 22.7 Å². The van der Waals surface area contributed by atoms with Crippen LogP contribution in [0.2, 0.25) is 0 Å². The minimum atomic E-state index is -1.08. The first-order valence-electron chi connectivity index (χ1n) is 5.74. The van der Waals surface area contributed by atoms with Gasteiger partial charge in [0.1, 0.15) is 24.1 Å². The van der Waals surface area contributed by atoms with Crippen LogP contribution in [0.5, 0.6) is 0 Å². The first kappa shape index (κ1) is 15.4. The second-order valence-corrected chi connectivity index (χ2v) is 5.02. The van der Waals surface area contributed by atoms with E-state index in [1.165, 1.54) is 18.2 Å². The molecule has 21 heavy (non-hydrogen) atoms. The number of carbonyl (C=O) groups is 1. The number of carbonyl (C=O) groups excluding carboxylic acids is 1. The molecule has 0 atom stereocenters. The van der Waals surface area contributed by atoms with Crippen LogP contribution in [0.3, 0.4) is 0 Å². The summed E-state index contributed by atoms with van der Waals surface area (Å²) in [5.74, 6) is -3.56. The maximum Gasteiger partial charge on any atom is 0.341 e. The number of nitrogens with two attached hydrogens (primary N) is 1. The molecule has 0 heterocycles. The van der Waals surface area contributed by atoms with Gasteiger partial charge in [-0.15, -0.1) is 0 Å². The van der Waals surface area contributed by atoms with Gasteiger partial charge in [-0.2, -0.15) is 0 Å². The summed E-state index contributed by atoms with van der Waals surface area (Å²) in [6, 6.07) is 5.22. The third-order valence-electron chi connectivity index (χ3n) is 2.67. The molecule has 0 saturated heterocycles. The second-order valence-electron chi connectivity index (χ2n) is 4.17. The number of anilines is 1. The van der Waals surface area contributed by atoms with Gasteiger partial charge in [0, 0.05) is 16.1 Å². The van der Waals surface area contributed by atoms with Crippen LogP contribution in [0.15, 0.2) is 34.8 Å². The van der Waals surface area contributed by atoms with Gasteiger partial charge in [0.15, 0.2) is 0 Å². The monoisotopic (exact) mass is 359 g/mol. The molecule has 110 valence electrons. The van der Waals surface area contributed by atoms with Crippen LogP contribution in [0.1, 0.15) is 15.9 Å². The number of hydrogen-bond donors (Lipinski definition) is 1. The minimum Gasteiger partial charge on any atom is -0.457 e. The van der Waals surface area contributed by atoms with Crippen LogP contribution >= 0.6 is 15.9 Å². The van der Waals surface area contributed by atoms with Gasteiger partial charge < -0.3 is 10.5 Å². The van der Waals surface area contributed by atoms with Gasteiger partial charge in [0.05, 0.1) is 11.3 Å². The Balaban J connectivity index is 2.15. The van der Waals surface area contributed by atoms with Gasteiger partial charge in [0.25, 0.3) is 0 Å². The number of halogens is 4. The Morgan fingerprint density at radius 2 is 1.86 bits per heavy atom. The molecule has 0 bridgehead atoms. The van der Waals surface area contributed by atoms with E-state index in [-0.39, 0.29) is 12.3 Å². The molecular formula is C14H9BrF3NO2. The van der Waals surface area contributed by atoms with Crippen LogP contribution < -0.4 is 5.73 Å². The summed E-state index contributed by atoms with van der Waals surface area (Å²) in [6.07, 6.45) is 0. The third kappa shape index (κ3) is 3.55. The summed E-state index contributed by atoms with van der Waals surface area (Å²) >= 11 is 3.17. The number of rotatable bonds is 3. The van der Waals surface area contributed by atoms with E-state index in [0.717, 1.165) is 6.07 Å². The highest BCUT2D eigenvalue weighted by molar-refractivity contribution is 9.10. The lowest BCUT2D eigenvalue weighted by molar-refractivity contribution is 0.0466. The van der Waals surface area contributed by atoms with Gasteiger partial charge >= 0.3 is 5.97 Å². The molecule has 0 aliphatic rings. The first-order valence-corrected chi connectivity index (χ1v) is 6.53. The molecule has 0 fully saturated rings. The maximum atomic E-state index is 13.5. The Labute approximate surface area is 126 Å². The van der Waals surface area contributed by atoms with Crippen molar-refractivity contribution in [3.05, 3.63) is 63.4 Å². The summed E-state index contributed by atoms with van der Waals surface area (Å²) in [4.78, 5) is 11.7. The van der Waals surface area contributed by atoms with Gasteiger partial charge in [-0.25, -0.2) is 18.0 Å². The predicted octanol–water partition coefficient (Wildman–Crippen LogP) is 3.81. The molecule has 2 rings (SSSR count). The van der Waals surface area contributed by atoms with Crippen molar-refractivity contribution in [1.82, 2.24) is 0 Å². The van der Waals surface area contributed by atoms with Gasteiger partial charge in [0.2, 0.25) is 0 Å². The number of benzene rings is 2. The summed E-state index contributed by atoms with van der Waals surface area (Å²) in [5.41, 5.74) is 4.80. The highest BCUT2D eigenvalue weighted by Crippen LogP contribution is 2.21. The molecule has 7 heteroatoms. The fourth-order valence-corrected chi connectivity index (χ4v) is 1.96. The van der Waals surface area contributed by atoms with Crippen molar-refractivity contribution in [1.29, 1.82) is 0 Å². The van der Waals surface area contributed by atoms with Crippen LogP contribution in [0, 0.1) is 17.5 Å². The van der Waals surface area contributed by atoms with Crippen molar-refractivity contribution in [2.45, 2.75) is 6.61 Å². The summed E-state index contributed by atoms with van der Waals surface area (Å²) < 4.78 is 45.0. The van der Waals surface area contributed by atoms with Crippen molar-refractivity contribution in [3.8, 4) is 0 Å². The molecule has 3 nitrogen and oxygen atoms in total. The fourth-order valence-electron chi connectivity index (χ4n) is 1.60. The minimum absolute atomic E-state index is 0.270. The zero-order valence-corrected chi connectivity index (χ0v) is 12.1. The average molecular weight is 360 g/mol. The molecule has 2 N–H and O–H groups in total. The lowest BCUT2D eigenvalue weighted by Gasteiger charge is -2.08. The molecule has 0 spiro atoms. The Hall–Kier alpha value is -2.02. The van der Waals surface area contributed by atoms with Crippen molar-refractivity contribution in [3.63, 3.8) is 0 Å². The Morgan fingerprint density at radius 3 is 2.57 bits per heavy atom. The number of nitrogen functional groups attached to an aromatic ring is 1. The molecule has 0 aliphatic carbocycles. The highest BCUT2D eigenvalue weighted by Gasteiger charge is 2.17. The van der Waals surface area contributed by atoms with E-state index >= 15 is 0 Å². The van der Waals surface area contributed by atoms with E-state index in [2.05, 4.69) is 15.9 Å². The van der Waals surface area contributed by atoms with E-state index in [9.17, 15) is 18.0 Å². The quantitative estimate of drug-likeness (QED) is 0.669. The lowest BCUT2D eigenvalue weighted by atomic mass is 10.2. The normalized spacial score (nSPS) is 10.5. The van der Waals surface area contributed by atoms with Crippen LogP contribution in [-0.2, 0) is 11.3 Å². The molecule has 0 radical (unpaired) electrons. The fraction of sp³-hybridized carbons (Fsp3) is 0.0714. The van der Waals surface area contributed by atoms with Gasteiger partial charge in [-0.05, 0) is 24.3 Å². The number of ether oxygens (including phenoxy) is 1. The average Bonchev–Trinajstić information content (AvgIpc) is 2.43. The molecule has 2 aromatic rings. The van der Waals surface area contributed by atoms with Crippen molar-refractivity contribution in [2.24, 2.45) is 0 Å². The van der Waals surface area contributed by atoms with Crippen LogP contribution in [0.4, 0.5) is 18.9 Å². The number of esters is 1. The molecule has 0 aliphatic heterocycles. The van der Waals surface area contributed by atoms with Gasteiger partial charge in [-0.3, -0.25) is 0 Å². The maximum absolute atomic E-state index is 13.5. The summed E-state index contributed by atoms with van der Waals surface area (Å²) in [6.45, 7) is -0.270. The van der Waals surface area contributed by atoms with E-state index in [4.69, 9.17) is 10.5 Å². The Morgan fingerprint density at radius 1 is 1.14 bits per heavy atom. The molecule has 0 unspecified atom stereocenters. The van der Waals surface area contributed by atoms with Gasteiger partial charge in [-0.1, -0.05) is 15.9 Å². The van der Waals surface area contributed by atoms with E-state index in [0.29, 0.717) is 16.1 Å². The SMILES string of the molecule is Nc1cc(C(=O)OCc2cc(F)ccc2Br)c(F)cc1F. The Bertz CT molecular complexity index is 707. The topological polar surface area (TPSA) is 52.3 Å². The molecule has 0 aromatic heterocycles. The summed E-state index contributed by atoms with van der Waals surface area (Å²) in [5, 5.41) is 0. The van der Waals surface area contributed by atoms with E-state index < -0.39 is 29.0 Å². The van der Waals surface area contributed by atoms with Crippen molar-refractivity contribution >= 4 is 27.6 Å². The highest BCUT2D eigenvalue weighted by atomic mass is 79.9. The Kier molecular flexibility index (Phi) is 4.52. The van der Waals surface area contributed by atoms with E-state index in [1.807, 2.05) is 0 Å². The lowest BCUT2D eigenvalue weighted by Crippen LogP contribution is -2.09. The molecular weight excluding hydrogens is 351 g/mol. The van der Waals surface area contributed by atoms with E-state index in [1.54, 1.807) is 0 Å². The largest absolute Gasteiger partial charge is 0.457 e. The predicted molar refractivity (Wildman–Crippen MR) is 74.0 cm³/mol. The molecule has 0 saturated carbocycles. The zero-order valence-electron chi connectivity index (χ0n) is 10.5. The second kappa shape index (κ2) is 6.17. The zero-order chi connectivity index (χ0) is 15.6. The summed E-state index contributed by atoms with van der Waals surface area (Å²) in [7, 11) is 0. The van der Waals surface area contributed by atoms with Crippen molar-refractivity contribution in [2.75, 3.05) is 5.73 Å². The van der Waals surface area contributed by atoms with Crippen LogP contribution in [-0.4, -0.2) is 5.97 Å². The smallest absolute Gasteiger partial charge is 0.341 e. The molecule has 0 amide bonds. The van der Waals surface area contributed by atoms with Crippen LogP contribution in [0.25, 0.3) is 0 Å². The third-order valence-corrected chi connectivity index (χ3v) is 3.45.